The number of nitrogens with zero attached hydrogens (tertiary/aromatic N) is 5. The quantitative estimate of drug-likeness (QED) is 0.810. The van der Waals surface area contributed by atoms with E-state index in [1.165, 1.54) is 19.4 Å². The smallest absolute Gasteiger partial charge is 0.251 e. The van der Waals surface area contributed by atoms with Gasteiger partial charge in [0.2, 0.25) is 5.91 Å². The molecule has 1 amide bonds. The fourth-order valence-corrected chi connectivity index (χ4v) is 4.14. The summed E-state index contributed by atoms with van der Waals surface area (Å²) in [5.74, 6) is 1.15. The van der Waals surface area contributed by atoms with E-state index in [-0.39, 0.29) is 5.91 Å². The molecule has 1 aliphatic rings. The Morgan fingerprint density at radius 3 is 2.55 bits per heavy atom. The standard InChI is InChI=1S/C22H34N6O/c1-14(2)27-9-7-8-19(13-27)12-23-21(29)11-20-17(5)26-28(18(20)6)22-24-15(3)10-16(4)25-22/h10,14,19H,7-9,11-13H2,1-6H3,(H,23,29). The van der Waals surface area contributed by atoms with Crippen LogP contribution < -0.4 is 5.32 Å². The van der Waals surface area contributed by atoms with Gasteiger partial charge in [-0.3, -0.25) is 4.79 Å². The Morgan fingerprint density at radius 1 is 1.21 bits per heavy atom. The molecule has 1 atom stereocenters. The maximum absolute atomic E-state index is 12.6. The van der Waals surface area contributed by atoms with Crippen LogP contribution in [-0.2, 0) is 11.2 Å². The molecule has 3 rings (SSSR count). The Labute approximate surface area is 173 Å². The van der Waals surface area contributed by atoms with Crippen LogP contribution in [0.4, 0.5) is 0 Å². The summed E-state index contributed by atoms with van der Waals surface area (Å²) >= 11 is 0. The number of hydrogen-bond acceptors (Lipinski definition) is 5. The number of aryl methyl sites for hydroxylation is 3. The van der Waals surface area contributed by atoms with Crippen LogP contribution >= 0.6 is 0 Å². The van der Waals surface area contributed by atoms with Crippen LogP contribution in [0.1, 0.15) is 55.0 Å². The molecule has 2 aromatic rings. The van der Waals surface area contributed by atoms with Crippen molar-refractivity contribution >= 4 is 5.91 Å². The molecule has 1 aliphatic heterocycles. The fourth-order valence-electron chi connectivity index (χ4n) is 4.14. The van der Waals surface area contributed by atoms with E-state index in [2.05, 4.69) is 39.1 Å². The molecule has 2 aromatic heterocycles. The Balaban J connectivity index is 1.64. The van der Waals surface area contributed by atoms with Crippen molar-refractivity contribution in [1.29, 1.82) is 0 Å². The van der Waals surface area contributed by atoms with Crippen LogP contribution in [0, 0.1) is 33.6 Å². The monoisotopic (exact) mass is 398 g/mol. The number of aromatic nitrogens is 4. The molecule has 3 heterocycles. The number of carbonyl (C=O) groups excluding carboxylic acids is 1. The van der Waals surface area contributed by atoms with Gasteiger partial charge >= 0.3 is 0 Å². The van der Waals surface area contributed by atoms with E-state index < -0.39 is 0 Å². The average Bonchev–Trinajstić information content (AvgIpc) is 2.94. The summed E-state index contributed by atoms with van der Waals surface area (Å²) in [5.41, 5.74) is 4.54. The normalized spacial score (nSPS) is 17.7. The van der Waals surface area contributed by atoms with Gasteiger partial charge in [-0.25, -0.2) is 14.6 Å². The highest BCUT2D eigenvalue weighted by atomic mass is 16.1. The molecule has 1 saturated heterocycles. The molecule has 1 unspecified atom stereocenters. The van der Waals surface area contributed by atoms with E-state index >= 15 is 0 Å². The van der Waals surface area contributed by atoms with Crippen molar-refractivity contribution in [2.24, 2.45) is 5.92 Å². The van der Waals surface area contributed by atoms with Gasteiger partial charge in [0.15, 0.2) is 0 Å². The highest BCUT2D eigenvalue weighted by Gasteiger charge is 2.23. The summed E-state index contributed by atoms with van der Waals surface area (Å²) in [5, 5.41) is 7.75. The van der Waals surface area contributed by atoms with Crippen molar-refractivity contribution in [2.75, 3.05) is 19.6 Å². The molecule has 1 fully saturated rings. The second-order valence-corrected chi connectivity index (χ2v) is 8.59. The van der Waals surface area contributed by atoms with Crippen LogP contribution in [0.15, 0.2) is 6.07 Å². The molecule has 7 heteroatoms. The van der Waals surface area contributed by atoms with Crippen LogP contribution in [0.25, 0.3) is 5.95 Å². The van der Waals surface area contributed by atoms with Crippen molar-refractivity contribution in [3.05, 3.63) is 34.4 Å². The Hall–Kier alpha value is -2.28. The van der Waals surface area contributed by atoms with E-state index in [0.29, 0.717) is 24.3 Å². The zero-order valence-corrected chi connectivity index (χ0v) is 18.6. The first-order valence-electron chi connectivity index (χ1n) is 10.6. The lowest BCUT2D eigenvalue weighted by Crippen LogP contribution is -2.44. The molecule has 7 nitrogen and oxygen atoms in total. The van der Waals surface area contributed by atoms with Crippen molar-refractivity contribution in [3.8, 4) is 5.95 Å². The predicted molar refractivity (Wildman–Crippen MR) is 114 cm³/mol. The number of nitrogens with one attached hydrogen (secondary N) is 1. The van der Waals surface area contributed by atoms with E-state index in [0.717, 1.165) is 41.4 Å². The molecule has 0 bridgehead atoms. The maximum atomic E-state index is 12.6. The summed E-state index contributed by atoms with van der Waals surface area (Å²) in [7, 11) is 0. The second-order valence-electron chi connectivity index (χ2n) is 8.59. The molecule has 0 aliphatic carbocycles. The Morgan fingerprint density at radius 2 is 1.90 bits per heavy atom. The molecule has 0 aromatic carbocycles. The largest absolute Gasteiger partial charge is 0.355 e. The first kappa shape index (κ1) is 21.4. The minimum absolute atomic E-state index is 0.0544. The summed E-state index contributed by atoms with van der Waals surface area (Å²) in [6.07, 6.45) is 2.73. The molecule has 0 spiro atoms. The van der Waals surface area contributed by atoms with E-state index in [1.54, 1.807) is 4.68 Å². The predicted octanol–water partition coefficient (Wildman–Crippen LogP) is 2.68. The molecule has 1 N–H and O–H groups in total. The molecule has 0 radical (unpaired) electrons. The molecular weight excluding hydrogens is 364 g/mol. The topological polar surface area (TPSA) is 75.9 Å². The van der Waals surface area contributed by atoms with Gasteiger partial charge in [-0.1, -0.05) is 0 Å². The summed E-state index contributed by atoms with van der Waals surface area (Å²) in [6.45, 7) is 15.3. The number of likely N-dealkylation sites (tertiary alicyclic amines) is 1. The summed E-state index contributed by atoms with van der Waals surface area (Å²) in [4.78, 5) is 24.1. The van der Waals surface area contributed by atoms with Crippen molar-refractivity contribution < 1.29 is 4.79 Å². The number of hydrogen-bond donors (Lipinski definition) is 1. The number of carbonyl (C=O) groups is 1. The number of piperidine rings is 1. The minimum Gasteiger partial charge on any atom is -0.355 e. The Bertz CT molecular complexity index is 852. The SMILES string of the molecule is Cc1cc(C)nc(-n2nc(C)c(CC(=O)NCC3CCCN(C(C)C)C3)c2C)n1. The molecule has 158 valence electrons. The fraction of sp³-hybridized carbons (Fsp3) is 0.636. The Kier molecular flexibility index (Phi) is 6.67. The van der Waals surface area contributed by atoms with E-state index in [4.69, 9.17) is 0 Å². The van der Waals surface area contributed by atoms with Gasteiger partial charge in [0.05, 0.1) is 12.1 Å². The second kappa shape index (κ2) is 9.03. The van der Waals surface area contributed by atoms with Gasteiger partial charge in [0.1, 0.15) is 0 Å². The van der Waals surface area contributed by atoms with Gasteiger partial charge in [0, 0.05) is 41.8 Å². The minimum atomic E-state index is 0.0544. The van der Waals surface area contributed by atoms with Crippen LogP contribution in [0.2, 0.25) is 0 Å². The molecule has 29 heavy (non-hydrogen) atoms. The van der Waals surface area contributed by atoms with Crippen LogP contribution in [0.3, 0.4) is 0 Å². The third-order valence-electron chi connectivity index (χ3n) is 5.81. The van der Waals surface area contributed by atoms with Crippen molar-refractivity contribution in [2.45, 2.75) is 66.8 Å². The van der Waals surface area contributed by atoms with Gasteiger partial charge in [-0.2, -0.15) is 5.10 Å². The van der Waals surface area contributed by atoms with Crippen LogP contribution in [-0.4, -0.2) is 56.2 Å². The van der Waals surface area contributed by atoms with Crippen molar-refractivity contribution in [3.63, 3.8) is 0 Å². The maximum Gasteiger partial charge on any atom is 0.251 e. The third-order valence-corrected chi connectivity index (χ3v) is 5.81. The van der Waals surface area contributed by atoms with E-state index in [1.807, 2.05) is 33.8 Å². The summed E-state index contributed by atoms with van der Waals surface area (Å²) < 4.78 is 1.75. The highest BCUT2D eigenvalue weighted by Crippen LogP contribution is 2.19. The zero-order valence-electron chi connectivity index (χ0n) is 18.6. The van der Waals surface area contributed by atoms with Crippen LogP contribution in [0.5, 0.6) is 0 Å². The zero-order chi connectivity index (χ0) is 21.1. The first-order chi connectivity index (χ1) is 13.7. The average molecular weight is 399 g/mol. The third kappa shape index (κ3) is 5.21. The molecular formula is C22H34N6O. The lowest BCUT2D eigenvalue weighted by Gasteiger charge is -2.35. The summed E-state index contributed by atoms with van der Waals surface area (Å²) in [6, 6.07) is 2.51. The number of rotatable bonds is 6. The lowest BCUT2D eigenvalue weighted by atomic mass is 9.97. The van der Waals surface area contributed by atoms with Crippen molar-refractivity contribution in [1.82, 2.24) is 30.0 Å². The van der Waals surface area contributed by atoms with Gasteiger partial charge < -0.3 is 10.2 Å². The highest BCUT2D eigenvalue weighted by molar-refractivity contribution is 5.79. The van der Waals surface area contributed by atoms with E-state index in [9.17, 15) is 4.79 Å². The lowest BCUT2D eigenvalue weighted by molar-refractivity contribution is -0.120. The van der Waals surface area contributed by atoms with Gasteiger partial charge in [-0.15, -0.1) is 0 Å². The van der Waals surface area contributed by atoms with Gasteiger partial charge in [-0.05, 0) is 72.9 Å². The number of amides is 1. The van der Waals surface area contributed by atoms with Gasteiger partial charge in [0.25, 0.3) is 5.95 Å². The first-order valence-corrected chi connectivity index (χ1v) is 10.6. The molecule has 0 saturated carbocycles.